The molecule has 0 aliphatic carbocycles. The first kappa shape index (κ1) is 73.3. The molecule has 0 fully saturated rings. The third kappa shape index (κ3) is 83.0. The first-order valence-corrected chi connectivity index (χ1v) is 30.9. The summed E-state index contributed by atoms with van der Waals surface area (Å²) < 4.78 is 44.0. The molecule has 9 nitrogen and oxygen atoms in total. The van der Waals surface area contributed by atoms with Crippen LogP contribution in [0.2, 0.25) is 0 Å². The Bertz CT molecular complexity index is 937. The Balaban J connectivity index is -0.000000441. The molecule has 0 saturated heterocycles. The predicted octanol–water partition coefficient (Wildman–Crippen LogP) is 18.2. The molecule has 395 valence electrons. The van der Waals surface area contributed by atoms with E-state index in [0.717, 1.165) is 38.5 Å². The van der Waals surface area contributed by atoms with E-state index in [1.165, 1.54) is 231 Å². The Morgan fingerprint density at radius 1 is 0.269 bits per heavy atom. The van der Waals surface area contributed by atoms with Crippen LogP contribution in [0.4, 0.5) is 0 Å². The standard InChI is InChI=1S/3C18H35O3P.Fe/c3*1-2-3-4-5-6-7-8-9-10-11-12-13-14-15-16-17-18-21-22(19)20;/h3*9-10H,2-8,11-18H2,1H3;/q;;;+3. The van der Waals surface area contributed by atoms with E-state index in [9.17, 15) is 28.4 Å². The van der Waals surface area contributed by atoms with Crippen LogP contribution in [0.25, 0.3) is 0 Å². The summed E-state index contributed by atoms with van der Waals surface area (Å²) >= 11 is 0. The Morgan fingerprint density at radius 3 is 0.582 bits per heavy atom. The smallest absolute Gasteiger partial charge is 0.566 e. The van der Waals surface area contributed by atoms with Gasteiger partial charge in [0.1, 0.15) is 19.8 Å². The van der Waals surface area contributed by atoms with Gasteiger partial charge in [0.05, 0.1) is 0 Å². The minimum Gasteiger partial charge on any atom is -0.566 e. The van der Waals surface area contributed by atoms with E-state index in [1.807, 2.05) is 0 Å². The number of rotatable bonds is 51. The van der Waals surface area contributed by atoms with Crippen LogP contribution in [-0.4, -0.2) is 19.8 Å². The Morgan fingerprint density at radius 2 is 0.418 bits per heavy atom. The number of hydrogen-bond donors (Lipinski definition) is 0. The zero-order valence-corrected chi connectivity index (χ0v) is 47.4. The molecular formula is C54H105FeO9P3+3. The van der Waals surface area contributed by atoms with Crippen LogP contribution in [0, 0.1) is 0 Å². The van der Waals surface area contributed by atoms with E-state index in [0.29, 0.717) is 19.8 Å². The van der Waals surface area contributed by atoms with Gasteiger partial charge in [0.15, 0.2) is 0 Å². The Labute approximate surface area is 428 Å². The largest absolute Gasteiger partial charge is 3.00 e. The van der Waals surface area contributed by atoms with Gasteiger partial charge in [0.25, 0.3) is 0 Å². The van der Waals surface area contributed by atoms with Crippen LogP contribution >= 0.6 is 24.8 Å². The van der Waals surface area contributed by atoms with Gasteiger partial charge in [-0.2, -0.15) is 0 Å². The van der Waals surface area contributed by atoms with E-state index in [-0.39, 0.29) is 17.1 Å². The predicted molar refractivity (Wildman–Crippen MR) is 279 cm³/mol. The van der Waals surface area contributed by atoms with Crippen LogP contribution in [0.1, 0.15) is 290 Å². The Kier molecular flexibility index (Phi) is 76.7. The van der Waals surface area contributed by atoms with Crippen LogP contribution in [0.5, 0.6) is 0 Å². The SMILES string of the molecule is CCCCCCCCC=CCCCCCCCCO[P+](=O)[O-].CCCCCCCCC=CCCCCCCCCO[P+](=O)[O-].CCCCCCCCC=CCCCCCCCCO[P+](=O)[O-].[Fe+3]. The van der Waals surface area contributed by atoms with Gasteiger partial charge in [-0.25, -0.2) is 0 Å². The van der Waals surface area contributed by atoms with Gasteiger partial charge in [-0.1, -0.05) is 231 Å². The first-order valence-electron chi connectivity index (χ1n) is 27.6. The normalized spacial score (nSPS) is 12.0. The fourth-order valence-electron chi connectivity index (χ4n) is 7.47. The maximum Gasteiger partial charge on any atom is 3.00 e. The molecule has 3 atom stereocenters. The molecule has 0 aliphatic rings. The molecule has 0 saturated carbocycles. The first-order chi connectivity index (χ1) is 32.3. The molecule has 0 spiro atoms. The van der Waals surface area contributed by atoms with Crippen LogP contribution in [0.15, 0.2) is 36.5 Å². The second-order valence-corrected chi connectivity index (χ2v) is 20.1. The molecule has 67 heavy (non-hydrogen) atoms. The molecular weight excluding hydrogens is 941 g/mol. The maximum absolute atomic E-state index is 10.2. The minimum absolute atomic E-state index is 0. The molecule has 0 heterocycles. The van der Waals surface area contributed by atoms with Crippen molar-refractivity contribution in [1.29, 1.82) is 0 Å². The van der Waals surface area contributed by atoms with Crippen molar-refractivity contribution in [2.75, 3.05) is 19.8 Å². The number of hydrogen-bond acceptors (Lipinski definition) is 9. The van der Waals surface area contributed by atoms with Crippen molar-refractivity contribution in [3.63, 3.8) is 0 Å². The van der Waals surface area contributed by atoms with E-state index >= 15 is 0 Å². The van der Waals surface area contributed by atoms with Crippen LogP contribution in [-0.2, 0) is 44.3 Å². The summed E-state index contributed by atoms with van der Waals surface area (Å²) in [6.45, 7) is 7.82. The van der Waals surface area contributed by atoms with Gasteiger partial charge in [-0.3, -0.25) is 0 Å². The number of allylic oxidation sites excluding steroid dienone is 6. The monoisotopic (exact) mass is 1050 g/mol. The third-order valence-electron chi connectivity index (χ3n) is 11.6. The third-order valence-corrected chi connectivity index (χ3v) is 12.7. The molecule has 0 amide bonds. The van der Waals surface area contributed by atoms with Crippen molar-refractivity contribution in [3.8, 4) is 0 Å². The van der Waals surface area contributed by atoms with Crippen molar-refractivity contribution in [3.05, 3.63) is 36.5 Å². The van der Waals surface area contributed by atoms with E-state index < -0.39 is 24.8 Å². The number of unbranched alkanes of at least 4 members (excludes halogenated alkanes) is 36. The molecule has 13 heteroatoms. The summed E-state index contributed by atoms with van der Waals surface area (Å²) in [6, 6.07) is 0. The fourth-order valence-corrected chi connectivity index (χ4v) is 8.30. The zero-order chi connectivity index (χ0) is 48.9. The van der Waals surface area contributed by atoms with Crippen molar-refractivity contribution in [2.24, 2.45) is 0 Å². The molecule has 0 aromatic rings. The van der Waals surface area contributed by atoms with Crippen LogP contribution < -0.4 is 14.7 Å². The molecule has 1 radical (unpaired) electrons. The average molecular weight is 1050 g/mol. The molecule has 0 bridgehead atoms. The topological polar surface area (TPSA) is 148 Å². The van der Waals surface area contributed by atoms with Gasteiger partial charge >= 0.3 is 41.8 Å². The van der Waals surface area contributed by atoms with Gasteiger partial charge in [0.2, 0.25) is 0 Å². The summed E-state index contributed by atoms with van der Waals surface area (Å²) in [4.78, 5) is 30.5. The van der Waals surface area contributed by atoms with E-state index in [4.69, 9.17) is 0 Å². The quantitative estimate of drug-likeness (QED) is 0.0251. The van der Waals surface area contributed by atoms with Crippen LogP contribution in [0.3, 0.4) is 0 Å². The van der Waals surface area contributed by atoms with E-state index in [2.05, 4.69) is 70.8 Å². The summed E-state index contributed by atoms with van der Waals surface area (Å²) in [5, 5.41) is 0. The summed E-state index contributed by atoms with van der Waals surface area (Å²) in [6.07, 6.45) is 66.8. The average Bonchev–Trinajstić information content (AvgIpc) is 3.29. The van der Waals surface area contributed by atoms with Crippen molar-refractivity contribution < 1.29 is 59.0 Å². The van der Waals surface area contributed by atoms with Gasteiger partial charge < -0.3 is 14.7 Å². The maximum atomic E-state index is 10.2. The molecule has 0 N–H and O–H groups in total. The second kappa shape index (κ2) is 70.1. The van der Waals surface area contributed by atoms with Gasteiger partial charge in [-0.15, -0.1) is 13.6 Å². The van der Waals surface area contributed by atoms with E-state index in [1.54, 1.807) is 0 Å². The molecule has 3 unspecified atom stereocenters. The zero-order valence-electron chi connectivity index (χ0n) is 43.7. The molecule has 0 aliphatic heterocycles. The van der Waals surface area contributed by atoms with Gasteiger partial charge in [-0.05, 0) is 110 Å². The van der Waals surface area contributed by atoms with Gasteiger partial charge in [0, 0.05) is 0 Å². The second-order valence-electron chi connectivity index (χ2n) is 18.0. The molecule has 0 aromatic carbocycles. The summed E-state index contributed by atoms with van der Waals surface area (Å²) in [5.41, 5.74) is 0. The molecule has 0 rings (SSSR count). The molecule has 0 aromatic heterocycles. The van der Waals surface area contributed by atoms with Crippen molar-refractivity contribution in [1.82, 2.24) is 0 Å². The minimum atomic E-state index is -2.65. The summed E-state index contributed by atoms with van der Waals surface area (Å²) in [7, 11) is -7.95. The Hall–Kier alpha value is -0.201. The summed E-state index contributed by atoms with van der Waals surface area (Å²) in [5.74, 6) is 0. The van der Waals surface area contributed by atoms with Crippen molar-refractivity contribution in [2.45, 2.75) is 290 Å². The van der Waals surface area contributed by atoms with Crippen molar-refractivity contribution >= 4 is 24.8 Å². The fraction of sp³-hybridized carbons (Fsp3) is 0.889.